The molecule has 1 fully saturated rings. The molecule has 232 valence electrons. The summed E-state index contributed by atoms with van der Waals surface area (Å²) in [6.45, 7) is 15.2. The highest BCUT2D eigenvalue weighted by Gasteiger charge is 2.57. The van der Waals surface area contributed by atoms with Crippen LogP contribution < -0.4 is 10.4 Å². The summed E-state index contributed by atoms with van der Waals surface area (Å²) in [5.41, 5.74) is 0.342. The number of carbonyl (C=O) groups excluding carboxylic acids is 2. The Hall–Kier alpha value is -3.00. The van der Waals surface area contributed by atoms with Crippen molar-refractivity contribution in [1.29, 1.82) is 0 Å². The van der Waals surface area contributed by atoms with Gasteiger partial charge in [0.2, 0.25) is 6.29 Å². The van der Waals surface area contributed by atoms with Gasteiger partial charge in [-0.15, -0.1) is 0 Å². The number of unbranched alkanes of at least 4 members (excludes halogenated alkanes) is 1. The van der Waals surface area contributed by atoms with Crippen LogP contribution in [0.3, 0.4) is 0 Å². The van der Waals surface area contributed by atoms with E-state index in [0.717, 1.165) is 18.4 Å². The first-order valence-corrected chi connectivity index (χ1v) is 17.6. The van der Waals surface area contributed by atoms with Crippen molar-refractivity contribution >= 4 is 30.6 Å². The van der Waals surface area contributed by atoms with Crippen molar-refractivity contribution in [3.63, 3.8) is 0 Å². The first-order chi connectivity index (χ1) is 20.5. The summed E-state index contributed by atoms with van der Waals surface area (Å²) < 4.78 is 24.8. The molecule has 1 saturated heterocycles. The Labute approximate surface area is 258 Å². The molecule has 0 unspecified atom stereocenters. The zero-order valence-electron chi connectivity index (χ0n) is 26.9. The lowest BCUT2D eigenvalue weighted by molar-refractivity contribution is -0.147. The molecule has 6 nitrogen and oxygen atoms in total. The van der Waals surface area contributed by atoms with Crippen LogP contribution in [0.4, 0.5) is 0 Å². The summed E-state index contributed by atoms with van der Waals surface area (Å²) in [4.78, 5) is 26.2. The molecule has 1 heterocycles. The highest BCUT2D eigenvalue weighted by molar-refractivity contribution is 6.99. The summed E-state index contributed by atoms with van der Waals surface area (Å²) in [6.07, 6.45) is 6.30. The van der Waals surface area contributed by atoms with E-state index in [0.29, 0.717) is 25.0 Å². The highest BCUT2D eigenvalue weighted by Crippen LogP contribution is 2.46. The molecule has 0 saturated carbocycles. The van der Waals surface area contributed by atoms with Gasteiger partial charge < -0.3 is 18.6 Å². The molecule has 7 heteroatoms. The Morgan fingerprint density at radius 3 is 2.19 bits per heavy atom. The van der Waals surface area contributed by atoms with Crippen LogP contribution >= 0.6 is 0 Å². The standard InChI is InChI=1S/C36H48O6Si/c1-8-10-21-32-41-34(38)36(42-32)24-27(4)28(23-29(36)22-26(3)33(37)39-9-2)25-40-43(35(5,6)7,30-17-13-11-14-18-30)31-19-15-12-16-20-31/h11-20,22-23,27,29,32H,8-10,21,24-25H2,1-7H3/b26-22+/t27-,29-,32+,36+/m1/s1. The third-order valence-electron chi connectivity index (χ3n) is 8.79. The quantitative estimate of drug-likeness (QED) is 0.127. The number of hydrogen-bond acceptors (Lipinski definition) is 6. The fourth-order valence-corrected chi connectivity index (χ4v) is 11.1. The van der Waals surface area contributed by atoms with Gasteiger partial charge in [-0.2, -0.15) is 0 Å². The Balaban J connectivity index is 1.76. The highest BCUT2D eigenvalue weighted by atomic mass is 28.4. The molecule has 4 atom stereocenters. The second kappa shape index (κ2) is 13.7. The van der Waals surface area contributed by atoms with Gasteiger partial charge in [-0.05, 0) is 53.6 Å². The molecule has 1 aliphatic carbocycles. The van der Waals surface area contributed by atoms with E-state index in [4.69, 9.17) is 18.6 Å². The smallest absolute Gasteiger partial charge is 0.341 e. The van der Waals surface area contributed by atoms with Crippen LogP contribution in [0.15, 0.2) is 84.0 Å². The Bertz CT molecular complexity index is 1270. The molecule has 1 aliphatic heterocycles. The first-order valence-electron chi connectivity index (χ1n) is 15.7. The number of esters is 2. The van der Waals surface area contributed by atoms with Crippen molar-refractivity contribution in [2.45, 2.75) is 91.1 Å². The van der Waals surface area contributed by atoms with Crippen LogP contribution in [0.25, 0.3) is 0 Å². The minimum Gasteiger partial charge on any atom is -0.463 e. The zero-order valence-corrected chi connectivity index (χ0v) is 27.9. The van der Waals surface area contributed by atoms with Crippen LogP contribution in [-0.2, 0) is 28.2 Å². The Kier molecular flexibility index (Phi) is 10.5. The van der Waals surface area contributed by atoms with Gasteiger partial charge in [-0.25, -0.2) is 9.59 Å². The van der Waals surface area contributed by atoms with Crippen LogP contribution in [0.1, 0.15) is 74.1 Å². The van der Waals surface area contributed by atoms with E-state index in [1.54, 1.807) is 13.8 Å². The molecule has 43 heavy (non-hydrogen) atoms. The molecule has 0 aromatic heterocycles. The second-order valence-electron chi connectivity index (χ2n) is 12.9. The average molecular weight is 605 g/mol. The maximum absolute atomic E-state index is 13.5. The SMILES string of the molecule is CCCC[C@H]1OC(=O)[C@@]2(C[C@@H](C)C(CO[Si](c3ccccc3)(c3ccccc3)C(C)(C)C)=C[C@H]2/C=C(\C)C(=O)OCC)O1. The van der Waals surface area contributed by atoms with Crippen molar-refractivity contribution in [2.75, 3.05) is 13.2 Å². The number of ether oxygens (including phenoxy) is 3. The fraction of sp³-hybridized carbons (Fsp3) is 0.500. The van der Waals surface area contributed by atoms with E-state index in [-0.39, 0.29) is 23.5 Å². The topological polar surface area (TPSA) is 71.1 Å². The van der Waals surface area contributed by atoms with Crippen molar-refractivity contribution < 1.29 is 28.2 Å². The van der Waals surface area contributed by atoms with Crippen LogP contribution in [0.2, 0.25) is 5.04 Å². The first kappa shape index (κ1) is 32.9. The van der Waals surface area contributed by atoms with Crippen molar-refractivity contribution in [2.24, 2.45) is 11.8 Å². The summed E-state index contributed by atoms with van der Waals surface area (Å²) >= 11 is 0. The van der Waals surface area contributed by atoms with Gasteiger partial charge in [0.15, 0.2) is 5.60 Å². The summed E-state index contributed by atoms with van der Waals surface area (Å²) in [5, 5.41) is 2.26. The van der Waals surface area contributed by atoms with Crippen LogP contribution in [0.5, 0.6) is 0 Å². The minimum absolute atomic E-state index is 0.00300. The van der Waals surface area contributed by atoms with E-state index in [2.05, 4.69) is 89.2 Å². The van der Waals surface area contributed by atoms with Crippen molar-refractivity contribution in [3.05, 3.63) is 84.0 Å². The summed E-state index contributed by atoms with van der Waals surface area (Å²) in [5.74, 6) is -1.25. The molecule has 4 rings (SSSR count). The van der Waals surface area contributed by atoms with Gasteiger partial charge in [0.1, 0.15) is 0 Å². The van der Waals surface area contributed by atoms with E-state index in [1.807, 2.05) is 18.2 Å². The van der Waals surface area contributed by atoms with Gasteiger partial charge in [0, 0.05) is 17.9 Å². The minimum atomic E-state index is -2.78. The number of cyclic esters (lactones) is 1. The largest absolute Gasteiger partial charge is 0.463 e. The van der Waals surface area contributed by atoms with Crippen molar-refractivity contribution in [3.8, 4) is 0 Å². The van der Waals surface area contributed by atoms with Gasteiger partial charge in [-0.3, -0.25) is 0 Å². The van der Waals surface area contributed by atoms with Gasteiger partial charge in [0.05, 0.1) is 13.2 Å². The maximum Gasteiger partial charge on any atom is 0.341 e. The van der Waals surface area contributed by atoms with E-state index >= 15 is 0 Å². The van der Waals surface area contributed by atoms with Crippen molar-refractivity contribution in [1.82, 2.24) is 0 Å². The molecular weight excluding hydrogens is 556 g/mol. The maximum atomic E-state index is 13.5. The van der Waals surface area contributed by atoms with Crippen LogP contribution in [-0.4, -0.2) is 45.4 Å². The second-order valence-corrected chi connectivity index (χ2v) is 17.2. The van der Waals surface area contributed by atoms with E-state index in [1.165, 1.54) is 10.4 Å². The molecule has 2 aromatic rings. The lowest BCUT2D eigenvalue weighted by Crippen LogP contribution is -2.66. The predicted octanol–water partition coefficient (Wildman–Crippen LogP) is 6.48. The molecule has 2 aliphatic rings. The summed E-state index contributed by atoms with van der Waals surface area (Å²) in [7, 11) is -2.78. The zero-order chi connectivity index (χ0) is 31.3. The normalized spacial score (nSPS) is 24.5. The Morgan fingerprint density at radius 2 is 1.65 bits per heavy atom. The molecule has 0 bridgehead atoms. The third-order valence-corrected chi connectivity index (χ3v) is 13.8. The number of carbonyl (C=O) groups is 2. The lowest BCUT2D eigenvalue weighted by atomic mass is 9.71. The fourth-order valence-electron chi connectivity index (χ4n) is 6.52. The molecule has 0 amide bonds. The average Bonchev–Trinajstić information content (AvgIpc) is 3.29. The van der Waals surface area contributed by atoms with E-state index < -0.39 is 32.1 Å². The monoisotopic (exact) mass is 604 g/mol. The van der Waals surface area contributed by atoms with Crippen LogP contribution in [0, 0.1) is 11.8 Å². The number of rotatable bonds is 11. The summed E-state index contributed by atoms with van der Waals surface area (Å²) in [6, 6.07) is 21.2. The lowest BCUT2D eigenvalue weighted by Gasteiger charge is -2.44. The molecule has 1 spiro atoms. The van der Waals surface area contributed by atoms with Gasteiger partial charge in [0.25, 0.3) is 8.32 Å². The molecule has 2 aromatic carbocycles. The number of hydrogen-bond donors (Lipinski definition) is 0. The predicted molar refractivity (Wildman–Crippen MR) is 173 cm³/mol. The van der Waals surface area contributed by atoms with Gasteiger partial charge >= 0.3 is 11.9 Å². The third kappa shape index (κ3) is 6.74. The van der Waals surface area contributed by atoms with Gasteiger partial charge in [-0.1, -0.05) is 114 Å². The Morgan fingerprint density at radius 1 is 1.05 bits per heavy atom. The van der Waals surface area contributed by atoms with E-state index in [9.17, 15) is 9.59 Å². The number of benzene rings is 2. The molecule has 0 N–H and O–H groups in total. The molecule has 0 radical (unpaired) electrons. The molecular formula is C36H48O6Si.